The zero-order chi connectivity index (χ0) is 19.1. The van der Waals surface area contributed by atoms with Gasteiger partial charge in [-0.3, -0.25) is 14.4 Å². The van der Waals surface area contributed by atoms with E-state index in [9.17, 15) is 14.4 Å². The number of amides is 2. The van der Waals surface area contributed by atoms with E-state index in [1.54, 1.807) is 12.1 Å². The second kappa shape index (κ2) is 9.15. The van der Waals surface area contributed by atoms with E-state index in [0.29, 0.717) is 5.69 Å². The maximum Gasteiger partial charge on any atom is 0.309 e. The summed E-state index contributed by atoms with van der Waals surface area (Å²) in [7, 11) is 0. The Morgan fingerprint density at radius 2 is 1.85 bits per heavy atom. The Labute approximate surface area is 156 Å². The van der Waals surface area contributed by atoms with E-state index in [1.165, 1.54) is 25.2 Å². The molecule has 1 heterocycles. The number of carbonyl (C=O) groups excluding carboxylic acids is 3. The molecule has 0 aliphatic carbocycles. The third kappa shape index (κ3) is 6.00. The van der Waals surface area contributed by atoms with Crippen molar-refractivity contribution in [3.63, 3.8) is 0 Å². The van der Waals surface area contributed by atoms with Crippen molar-refractivity contribution in [2.45, 2.75) is 39.3 Å². The number of anilines is 1. The van der Waals surface area contributed by atoms with Crippen molar-refractivity contribution < 1.29 is 19.1 Å². The molecule has 1 aromatic carbocycles. The third-order valence-corrected chi connectivity index (χ3v) is 4.62. The summed E-state index contributed by atoms with van der Waals surface area (Å²) in [6.07, 6.45) is -0.979. The minimum Gasteiger partial charge on any atom is -0.452 e. The summed E-state index contributed by atoms with van der Waals surface area (Å²) in [5.41, 5.74) is 1.72. The van der Waals surface area contributed by atoms with E-state index < -0.39 is 24.0 Å². The molecule has 0 radical (unpaired) electrons. The highest BCUT2D eigenvalue weighted by molar-refractivity contribution is 7.10. The first-order valence-electron chi connectivity index (χ1n) is 8.22. The molecule has 0 unspecified atom stereocenters. The topological polar surface area (TPSA) is 84.5 Å². The molecule has 0 spiro atoms. The van der Waals surface area contributed by atoms with Gasteiger partial charge in [0, 0.05) is 17.5 Å². The van der Waals surface area contributed by atoms with Gasteiger partial charge in [-0.1, -0.05) is 23.8 Å². The number of nitrogens with one attached hydrogen (secondary N) is 2. The average Bonchev–Trinajstić information content (AvgIpc) is 3.10. The van der Waals surface area contributed by atoms with Crippen LogP contribution >= 0.6 is 11.3 Å². The first kappa shape index (κ1) is 19.7. The van der Waals surface area contributed by atoms with Crippen LogP contribution in [-0.2, 0) is 19.1 Å². The van der Waals surface area contributed by atoms with Crippen molar-refractivity contribution in [2.75, 3.05) is 5.32 Å². The lowest BCUT2D eigenvalue weighted by Crippen LogP contribution is -2.32. The quantitative estimate of drug-likeness (QED) is 0.729. The molecule has 2 atom stereocenters. The van der Waals surface area contributed by atoms with Crippen LogP contribution in [0.3, 0.4) is 0 Å². The van der Waals surface area contributed by atoms with Crippen molar-refractivity contribution in [1.82, 2.24) is 5.32 Å². The lowest BCUT2D eigenvalue weighted by atomic mass is 10.1. The highest BCUT2D eigenvalue weighted by Crippen LogP contribution is 2.22. The number of carbonyl (C=O) groups is 3. The van der Waals surface area contributed by atoms with Crippen molar-refractivity contribution in [3.8, 4) is 0 Å². The number of hydrogen-bond donors (Lipinski definition) is 2. The fourth-order valence-corrected chi connectivity index (χ4v) is 3.08. The van der Waals surface area contributed by atoms with Gasteiger partial charge < -0.3 is 15.4 Å². The summed E-state index contributed by atoms with van der Waals surface area (Å²) in [5.74, 6) is -1.19. The predicted molar refractivity (Wildman–Crippen MR) is 101 cm³/mol. The SMILES string of the molecule is CC(=O)N[C@H](CC(=O)O[C@H](C)C(=O)Nc1ccc(C)cc1)c1cccs1. The van der Waals surface area contributed by atoms with Gasteiger partial charge in [-0.05, 0) is 37.4 Å². The molecule has 0 saturated carbocycles. The second-order valence-electron chi connectivity index (χ2n) is 5.96. The van der Waals surface area contributed by atoms with Crippen LogP contribution in [-0.4, -0.2) is 23.9 Å². The first-order chi connectivity index (χ1) is 12.3. The number of esters is 1. The van der Waals surface area contributed by atoms with E-state index in [0.717, 1.165) is 10.4 Å². The van der Waals surface area contributed by atoms with Crippen molar-refractivity contribution in [1.29, 1.82) is 0 Å². The molecule has 1 aromatic heterocycles. The molecule has 6 nitrogen and oxygen atoms in total. The van der Waals surface area contributed by atoms with Gasteiger partial charge in [0.2, 0.25) is 5.91 Å². The van der Waals surface area contributed by atoms with Crippen molar-refractivity contribution >= 4 is 34.8 Å². The summed E-state index contributed by atoms with van der Waals surface area (Å²) in [6.45, 7) is 4.86. The molecule has 26 heavy (non-hydrogen) atoms. The maximum atomic E-state index is 12.2. The van der Waals surface area contributed by atoms with E-state index in [4.69, 9.17) is 4.74 Å². The number of thiophene rings is 1. The molecule has 0 fully saturated rings. The smallest absolute Gasteiger partial charge is 0.309 e. The van der Waals surface area contributed by atoms with Crippen molar-refractivity contribution in [2.24, 2.45) is 0 Å². The summed E-state index contributed by atoms with van der Waals surface area (Å²) in [4.78, 5) is 36.6. The molecular formula is C19H22N2O4S. The molecule has 138 valence electrons. The Morgan fingerprint density at radius 3 is 2.42 bits per heavy atom. The zero-order valence-corrected chi connectivity index (χ0v) is 15.8. The normalized spacial score (nSPS) is 12.7. The standard InChI is InChI=1S/C19H22N2O4S/c1-12-6-8-15(9-7-12)21-19(24)13(2)25-18(23)11-16(20-14(3)22)17-5-4-10-26-17/h4-10,13,16H,11H2,1-3H3,(H,20,22)(H,21,24)/t13-,16-/m1/s1. The largest absolute Gasteiger partial charge is 0.452 e. The van der Waals surface area contributed by atoms with Gasteiger partial charge in [0.15, 0.2) is 6.10 Å². The van der Waals surface area contributed by atoms with Crippen LogP contribution in [0.4, 0.5) is 5.69 Å². The Balaban J connectivity index is 1.91. The summed E-state index contributed by atoms with van der Waals surface area (Å²) < 4.78 is 5.22. The molecule has 2 aromatic rings. The average molecular weight is 374 g/mol. The molecular weight excluding hydrogens is 352 g/mol. The number of benzene rings is 1. The van der Waals surface area contributed by atoms with Crippen LogP contribution in [0.25, 0.3) is 0 Å². The van der Waals surface area contributed by atoms with Crippen LogP contribution in [0.1, 0.15) is 36.8 Å². The fourth-order valence-electron chi connectivity index (χ4n) is 2.30. The monoisotopic (exact) mass is 374 g/mol. The number of hydrogen-bond acceptors (Lipinski definition) is 5. The molecule has 0 aliphatic rings. The minimum absolute atomic E-state index is 0.0394. The van der Waals surface area contributed by atoms with Crippen LogP contribution in [0.2, 0.25) is 0 Å². The van der Waals surface area contributed by atoms with E-state index >= 15 is 0 Å². The van der Waals surface area contributed by atoms with Crippen LogP contribution in [0.5, 0.6) is 0 Å². The molecule has 0 aliphatic heterocycles. The van der Waals surface area contributed by atoms with Crippen LogP contribution < -0.4 is 10.6 Å². The van der Waals surface area contributed by atoms with E-state index in [-0.39, 0.29) is 12.3 Å². The zero-order valence-electron chi connectivity index (χ0n) is 14.9. The Morgan fingerprint density at radius 1 is 1.15 bits per heavy atom. The minimum atomic E-state index is -0.940. The van der Waals surface area contributed by atoms with Gasteiger partial charge >= 0.3 is 5.97 Å². The highest BCUT2D eigenvalue weighted by atomic mass is 32.1. The van der Waals surface area contributed by atoms with Gasteiger partial charge in [0.1, 0.15) is 0 Å². The van der Waals surface area contributed by atoms with Crippen LogP contribution in [0.15, 0.2) is 41.8 Å². The first-order valence-corrected chi connectivity index (χ1v) is 9.10. The summed E-state index contributed by atoms with van der Waals surface area (Å²) in [6, 6.07) is 10.5. The van der Waals surface area contributed by atoms with Crippen LogP contribution in [0, 0.1) is 6.92 Å². The Bertz CT molecular complexity index is 756. The third-order valence-electron chi connectivity index (χ3n) is 3.63. The van der Waals surface area contributed by atoms with E-state index in [2.05, 4.69) is 10.6 Å². The molecule has 2 rings (SSSR count). The van der Waals surface area contributed by atoms with Crippen molar-refractivity contribution in [3.05, 3.63) is 52.2 Å². The maximum absolute atomic E-state index is 12.2. The lowest BCUT2D eigenvalue weighted by Gasteiger charge is -2.18. The van der Waals surface area contributed by atoms with Gasteiger partial charge in [0.05, 0.1) is 12.5 Å². The van der Waals surface area contributed by atoms with E-state index in [1.807, 2.05) is 36.6 Å². The number of rotatable bonds is 7. The molecule has 0 bridgehead atoms. The fraction of sp³-hybridized carbons (Fsp3) is 0.316. The van der Waals surface area contributed by atoms with Gasteiger partial charge in [0.25, 0.3) is 5.91 Å². The highest BCUT2D eigenvalue weighted by Gasteiger charge is 2.23. The molecule has 2 N–H and O–H groups in total. The lowest BCUT2D eigenvalue weighted by molar-refractivity contribution is -0.153. The predicted octanol–water partition coefficient (Wildman–Crippen LogP) is 3.19. The van der Waals surface area contributed by atoms with Gasteiger partial charge in [-0.25, -0.2) is 0 Å². The molecule has 2 amide bonds. The molecule has 0 saturated heterocycles. The number of ether oxygens (including phenoxy) is 1. The van der Waals surface area contributed by atoms with Gasteiger partial charge in [-0.2, -0.15) is 0 Å². The Kier molecular flexibility index (Phi) is 6.91. The van der Waals surface area contributed by atoms with Gasteiger partial charge in [-0.15, -0.1) is 11.3 Å². The number of aryl methyl sites for hydroxylation is 1. The Hall–Kier alpha value is -2.67. The molecule has 7 heteroatoms. The summed E-state index contributed by atoms with van der Waals surface area (Å²) >= 11 is 1.44. The second-order valence-corrected chi connectivity index (χ2v) is 6.94. The summed E-state index contributed by atoms with van der Waals surface area (Å²) in [5, 5.41) is 7.30.